The molecule has 0 saturated heterocycles. The Bertz CT molecular complexity index is 384. The minimum Gasteiger partial charge on any atom is -0.508 e. The molecular formula is C12H16O4. The Morgan fingerprint density at radius 3 is 2.56 bits per heavy atom. The molecule has 2 N–H and O–H groups in total. The zero-order chi connectivity index (χ0) is 12.3. The Kier molecular flexibility index (Phi) is 3.55. The molecule has 1 aromatic rings. The molecule has 4 heteroatoms. The quantitative estimate of drug-likeness (QED) is 0.757. The third kappa shape index (κ3) is 2.33. The molecule has 4 nitrogen and oxygen atoms in total. The SMILES string of the molecule is COC(=O)C(O)C(C)(C)c1cccc(O)c1. The van der Waals surface area contributed by atoms with Crippen molar-refractivity contribution < 1.29 is 19.7 Å². The average molecular weight is 224 g/mol. The highest BCUT2D eigenvalue weighted by Crippen LogP contribution is 2.29. The minimum atomic E-state index is -1.26. The zero-order valence-corrected chi connectivity index (χ0v) is 9.60. The van der Waals surface area contributed by atoms with Crippen LogP contribution in [0.3, 0.4) is 0 Å². The maximum Gasteiger partial charge on any atom is 0.335 e. The minimum absolute atomic E-state index is 0.0997. The van der Waals surface area contributed by atoms with Gasteiger partial charge in [-0.2, -0.15) is 0 Å². The van der Waals surface area contributed by atoms with Gasteiger partial charge < -0.3 is 14.9 Å². The molecule has 1 atom stereocenters. The second-order valence-corrected chi connectivity index (χ2v) is 4.20. The van der Waals surface area contributed by atoms with Crippen molar-refractivity contribution in [3.63, 3.8) is 0 Å². The maximum absolute atomic E-state index is 11.3. The van der Waals surface area contributed by atoms with Gasteiger partial charge in [-0.1, -0.05) is 26.0 Å². The molecule has 0 spiro atoms. The molecular weight excluding hydrogens is 208 g/mol. The molecule has 0 heterocycles. The summed E-state index contributed by atoms with van der Waals surface area (Å²) in [7, 11) is 1.23. The van der Waals surface area contributed by atoms with Gasteiger partial charge in [-0.25, -0.2) is 4.79 Å². The Balaban J connectivity index is 3.05. The maximum atomic E-state index is 11.3. The van der Waals surface area contributed by atoms with Crippen LogP contribution in [0.25, 0.3) is 0 Å². The summed E-state index contributed by atoms with van der Waals surface area (Å²) in [6, 6.07) is 6.46. The van der Waals surface area contributed by atoms with E-state index in [1.807, 2.05) is 0 Å². The summed E-state index contributed by atoms with van der Waals surface area (Å²) in [5.41, 5.74) is -0.142. The van der Waals surface area contributed by atoms with Gasteiger partial charge in [-0.15, -0.1) is 0 Å². The number of phenolic OH excluding ortho intramolecular Hbond substituents is 1. The number of rotatable bonds is 3. The van der Waals surface area contributed by atoms with E-state index in [-0.39, 0.29) is 5.75 Å². The lowest BCUT2D eigenvalue weighted by Gasteiger charge is -2.29. The number of hydrogen-bond donors (Lipinski definition) is 2. The number of aliphatic hydroxyl groups is 1. The first kappa shape index (κ1) is 12.5. The van der Waals surface area contributed by atoms with Crippen LogP contribution in [-0.2, 0) is 14.9 Å². The van der Waals surface area contributed by atoms with E-state index in [0.29, 0.717) is 5.56 Å². The molecule has 1 rings (SSSR count). The molecule has 0 aliphatic rings. The largest absolute Gasteiger partial charge is 0.508 e. The number of carbonyl (C=O) groups is 1. The van der Waals surface area contributed by atoms with Crippen molar-refractivity contribution >= 4 is 5.97 Å². The van der Waals surface area contributed by atoms with Crippen LogP contribution in [0, 0.1) is 0 Å². The molecule has 0 bridgehead atoms. The van der Waals surface area contributed by atoms with E-state index in [9.17, 15) is 15.0 Å². The molecule has 0 aliphatic carbocycles. The first-order chi connectivity index (χ1) is 7.39. The summed E-state index contributed by atoms with van der Waals surface area (Å²) < 4.78 is 4.50. The highest BCUT2D eigenvalue weighted by atomic mass is 16.5. The van der Waals surface area contributed by atoms with Gasteiger partial charge in [0.1, 0.15) is 5.75 Å². The number of benzene rings is 1. The van der Waals surface area contributed by atoms with E-state index < -0.39 is 17.5 Å². The van der Waals surface area contributed by atoms with Crippen molar-refractivity contribution in [1.82, 2.24) is 0 Å². The van der Waals surface area contributed by atoms with Crippen molar-refractivity contribution in [2.45, 2.75) is 25.4 Å². The van der Waals surface area contributed by atoms with Gasteiger partial charge in [0.15, 0.2) is 6.10 Å². The fraction of sp³-hybridized carbons (Fsp3) is 0.417. The van der Waals surface area contributed by atoms with Crippen molar-refractivity contribution in [2.24, 2.45) is 0 Å². The first-order valence-electron chi connectivity index (χ1n) is 4.95. The van der Waals surface area contributed by atoms with E-state index >= 15 is 0 Å². The number of esters is 1. The number of ether oxygens (including phenoxy) is 1. The second kappa shape index (κ2) is 4.53. The van der Waals surface area contributed by atoms with E-state index in [0.717, 1.165) is 0 Å². The topological polar surface area (TPSA) is 66.8 Å². The van der Waals surface area contributed by atoms with Gasteiger partial charge in [0.25, 0.3) is 0 Å². The molecule has 1 unspecified atom stereocenters. The van der Waals surface area contributed by atoms with Crippen LogP contribution in [0.15, 0.2) is 24.3 Å². The average Bonchev–Trinajstić information content (AvgIpc) is 2.27. The lowest BCUT2D eigenvalue weighted by molar-refractivity contribution is -0.153. The van der Waals surface area contributed by atoms with Crippen molar-refractivity contribution in [3.8, 4) is 5.75 Å². The number of carbonyl (C=O) groups excluding carboxylic acids is 1. The van der Waals surface area contributed by atoms with Crippen molar-refractivity contribution in [2.75, 3.05) is 7.11 Å². The summed E-state index contributed by atoms with van der Waals surface area (Å²) in [4.78, 5) is 11.3. The van der Waals surface area contributed by atoms with Crippen molar-refractivity contribution in [3.05, 3.63) is 29.8 Å². The van der Waals surface area contributed by atoms with Gasteiger partial charge in [0, 0.05) is 5.41 Å². The van der Waals surface area contributed by atoms with Crippen LogP contribution < -0.4 is 0 Å². The molecule has 88 valence electrons. The molecule has 0 radical (unpaired) electrons. The number of hydrogen-bond acceptors (Lipinski definition) is 4. The molecule has 0 aliphatic heterocycles. The number of aliphatic hydroxyl groups excluding tert-OH is 1. The first-order valence-corrected chi connectivity index (χ1v) is 4.95. The van der Waals surface area contributed by atoms with E-state index in [1.54, 1.807) is 26.0 Å². The second-order valence-electron chi connectivity index (χ2n) is 4.20. The third-order valence-corrected chi connectivity index (χ3v) is 2.70. The Morgan fingerprint density at radius 1 is 1.44 bits per heavy atom. The molecule has 0 amide bonds. The highest BCUT2D eigenvalue weighted by Gasteiger charge is 2.36. The summed E-state index contributed by atoms with van der Waals surface area (Å²) in [5.74, 6) is -0.587. The van der Waals surface area contributed by atoms with Crippen LogP contribution in [0.4, 0.5) is 0 Å². The summed E-state index contributed by atoms with van der Waals surface area (Å²) >= 11 is 0. The third-order valence-electron chi connectivity index (χ3n) is 2.70. The molecule has 16 heavy (non-hydrogen) atoms. The molecule has 0 aromatic heterocycles. The number of phenols is 1. The number of aromatic hydroxyl groups is 1. The highest BCUT2D eigenvalue weighted by molar-refractivity contribution is 5.76. The van der Waals surface area contributed by atoms with Gasteiger partial charge in [-0.3, -0.25) is 0 Å². The van der Waals surface area contributed by atoms with E-state index in [2.05, 4.69) is 4.74 Å². The van der Waals surface area contributed by atoms with Gasteiger partial charge in [0.05, 0.1) is 7.11 Å². The van der Waals surface area contributed by atoms with Crippen LogP contribution in [-0.4, -0.2) is 29.4 Å². The number of methoxy groups -OCH3 is 1. The molecule has 0 fully saturated rings. The summed E-state index contributed by atoms with van der Waals surface area (Å²) in [6.07, 6.45) is -1.26. The van der Waals surface area contributed by atoms with Gasteiger partial charge >= 0.3 is 5.97 Å². The normalized spacial score (nSPS) is 13.2. The Hall–Kier alpha value is -1.55. The summed E-state index contributed by atoms with van der Waals surface area (Å²) in [5, 5.41) is 19.2. The van der Waals surface area contributed by atoms with Crippen LogP contribution in [0.1, 0.15) is 19.4 Å². The predicted molar refractivity (Wildman–Crippen MR) is 59.2 cm³/mol. The molecule has 0 saturated carbocycles. The van der Waals surface area contributed by atoms with Crippen molar-refractivity contribution in [1.29, 1.82) is 0 Å². The van der Waals surface area contributed by atoms with Crippen LogP contribution in [0.5, 0.6) is 5.75 Å². The van der Waals surface area contributed by atoms with E-state index in [4.69, 9.17) is 0 Å². The molecule has 1 aromatic carbocycles. The predicted octanol–water partition coefficient (Wildman–Crippen LogP) is 1.20. The Labute approximate surface area is 94.5 Å². The monoisotopic (exact) mass is 224 g/mol. The van der Waals surface area contributed by atoms with Crippen LogP contribution >= 0.6 is 0 Å². The van der Waals surface area contributed by atoms with Crippen LogP contribution in [0.2, 0.25) is 0 Å². The smallest absolute Gasteiger partial charge is 0.335 e. The lowest BCUT2D eigenvalue weighted by Crippen LogP contribution is -2.40. The Morgan fingerprint density at radius 2 is 2.06 bits per heavy atom. The van der Waals surface area contributed by atoms with Gasteiger partial charge in [0.2, 0.25) is 0 Å². The van der Waals surface area contributed by atoms with E-state index in [1.165, 1.54) is 19.2 Å². The fourth-order valence-corrected chi connectivity index (χ4v) is 1.47. The standard InChI is InChI=1S/C12H16O4/c1-12(2,10(14)11(15)16-3)8-5-4-6-9(13)7-8/h4-7,10,13-14H,1-3H3. The fourth-order valence-electron chi connectivity index (χ4n) is 1.47. The lowest BCUT2D eigenvalue weighted by atomic mass is 9.79. The summed E-state index contributed by atoms with van der Waals surface area (Å²) in [6.45, 7) is 3.42. The zero-order valence-electron chi connectivity index (χ0n) is 9.60. The van der Waals surface area contributed by atoms with Gasteiger partial charge in [-0.05, 0) is 17.7 Å².